The van der Waals surface area contributed by atoms with Crippen molar-refractivity contribution in [1.82, 2.24) is 4.31 Å². The summed E-state index contributed by atoms with van der Waals surface area (Å²) in [7, 11) is -1.75. The van der Waals surface area contributed by atoms with Crippen LogP contribution < -0.4 is 0 Å². The molecule has 1 fully saturated rings. The second kappa shape index (κ2) is 6.70. The van der Waals surface area contributed by atoms with Gasteiger partial charge in [-0.2, -0.15) is 0 Å². The number of sulfonamides is 1. The van der Waals surface area contributed by atoms with Crippen LogP contribution in [0.25, 0.3) is 0 Å². The lowest BCUT2D eigenvalue weighted by molar-refractivity contribution is 0.00950. The van der Waals surface area contributed by atoms with Crippen LogP contribution in [0.5, 0.6) is 0 Å². The van der Waals surface area contributed by atoms with Crippen molar-refractivity contribution in [2.24, 2.45) is 0 Å². The predicted molar refractivity (Wildman–Crippen MR) is 79.2 cm³/mol. The van der Waals surface area contributed by atoms with E-state index in [1.165, 1.54) is 10.7 Å². The van der Waals surface area contributed by atoms with Crippen LogP contribution in [0.2, 0.25) is 0 Å². The number of benzene rings is 1. The number of aryl methyl sites for hydroxylation is 1. The molecule has 1 unspecified atom stereocenters. The van der Waals surface area contributed by atoms with Crippen molar-refractivity contribution in [3.63, 3.8) is 0 Å². The molecule has 4 nitrogen and oxygen atoms in total. The minimum Gasteiger partial charge on any atom is -0.378 e. The van der Waals surface area contributed by atoms with Crippen molar-refractivity contribution in [3.8, 4) is 0 Å². The second-order valence-electron chi connectivity index (χ2n) is 5.42. The monoisotopic (exact) mass is 297 g/mol. The van der Waals surface area contributed by atoms with E-state index in [4.69, 9.17) is 4.74 Å². The van der Waals surface area contributed by atoms with Gasteiger partial charge in [-0.3, -0.25) is 0 Å². The summed E-state index contributed by atoms with van der Waals surface area (Å²) < 4.78 is 32.0. The van der Waals surface area contributed by atoms with Crippen molar-refractivity contribution in [2.75, 3.05) is 20.2 Å². The van der Waals surface area contributed by atoms with Crippen LogP contribution in [0.3, 0.4) is 0 Å². The molecule has 1 aliphatic rings. The third kappa shape index (κ3) is 3.81. The Morgan fingerprint density at radius 3 is 2.80 bits per heavy atom. The molecule has 0 aliphatic carbocycles. The van der Waals surface area contributed by atoms with Gasteiger partial charge in [0.25, 0.3) is 0 Å². The molecule has 5 heteroatoms. The molecule has 0 saturated carbocycles. The molecule has 0 radical (unpaired) electrons. The van der Waals surface area contributed by atoms with Crippen molar-refractivity contribution in [2.45, 2.75) is 43.6 Å². The van der Waals surface area contributed by atoms with Gasteiger partial charge in [-0.15, -0.1) is 0 Å². The number of rotatable bonds is 5. The average Bonchev–Trinajstić information content (AvgIpc) is 2.45. The molecule has 1 aliphatic heterocycles. The van der Waals surface area contributed by atoms with Crippen LogP contribution in [0.1, 0.15) is 31.2 Å². The van der Waals surface area contributed by atoms with E-state index in [1.807, 2.05) is 13.0 Å². The standard InChI is InChI=1S/C15H23NO3S/c1-13-6-5-8-15(12-13)20(17,18)16(2)10-9-14-7-3-4-11-19-14/h5-6,8,12,14H,3-4,7,9-11H2,1-2H3. The van der Waals surface area contributed by atoms with Gasteiger partial charge in [-0.1, -0.05) is 12.1 Å². The molecular weight excluding hydrogens is 274 g/mol. The molecule has 0 spiro atoms. The minimum absolute atomic E-state index is 0.207. The molecule has 112 valence electrons. The highest BCUT2D eigenvalue weighted by atomic mass is 32.2. The van der Waals surface area contributed by atoms with Gasteiger partial charge < -0.3 is 4.74 Å². The van der Waals surface area contributed by atoms with E-state index in [2.05, 4.69) is 0 Å². The molecule has 1 aromatic rings. The Bertz CT molecular complexity index is 536. The molecule has 2 rings (SSSR count). The highest BCUT2D eigenvalue weighted by Gasteiger charge is 2.22. The maximum absolute atomic E-state index is 12.4. The molecule has 20 heavy (non-hydrogen) atoms. The summed E-state index contributed by atoms with van der Waals surface area (Å²) in [6.07, 6.45) is 4.31. The van der Waals surface area contributed by atoms with E-state index >= 15 is 0 Å². The molecule has 1 saturated heterocycles. The lowest BCUT2D eigenvalue weighted by atomic mass is 10.1. The first-order valence-corrected chi connectivity index (χ1v) is 8.59. The fraction of sp³-hybridized carbons (Fsp3) is 0.600. The quantitative estimate of drug-likeness (QED) is 0.839. The first kappa shape index (κ1) is 15.5. The number of ether oxygens (including phenoxy) is 1. The van der Waals surface area contributed by atoms with Crippen LogP contribution >= 0.6 is 0 Å². The fourth-order valence-corrected chi connectivity index (χ4v) is 3.73. The number of hydrogen-bond donors (Lipinski definition) is 0. The van der Waals surface area contributed by atoms with Gasteiger partial charge in [0.05, 0.1) is 11.0 Å². The largest absolute Gasteiger partial charge is 0.378 e. The minimum atomic E-state index is -3.38. The van der Waals surface area contributed by atoms with Crippen LogP contribution in [0.15, 0.2) is 29.2 Å². The van der Waals surface area contributed by atoms with Crippen molar-refractivity contribution >= 4 is 10.0 Å². The maximum atomic E-state index is 12.4. The van der Waals surface area contributed by atoms with Gasteiger partial charge in [-0.25, -0.2) is 12.7 Å². The van der Waals surface area contributed by atoms with Crippen molar-refractivity contribution < 1.29 is 13.2 Å². The highest BCUT2D eigenvalue weighted by Crippen LogP contribution is 2.19. The van der Waals surface area contributed by atoms with E-state index < -0.39 is 10.0 Å². The zero-order valence-electron chi connectivity index (χ0n) is 12.2. The summed E-state index contributed by atoms with van der Waals surface area (Å²) in [4.78, 5) is 0.365. The summed E-state index contributed by atoms with van der Waals surface area (Å²) in [5.74, 6) is 0. The predicted octanol–water partition coefficient (Wildman–Crippen LogP) is 2.57. The SMILES string of the molecule is Cc1cccc(S(=O)(=O)N(C)CCC2CCCCO2)c1. The third-order valence-corrected chi connectivity index (χ3v) is 5.59. The first-order chi connectivity index (χ1) is 9.50. The summed E-state index contributed by atoms with van der Waals surface area (Å²) in [5, 5.41) is 0. The zero-order valence-corrected chi connectivity index (χ0v) is 13.0. The molecule has 0 N–H and O–H groups in total. The molecule has 0 bridgehead atoms. The molecule has 1 heterocycles. The van der Waals surface area contributed by atoms with E-state index in [9.17, 15) is 8.42 Å². The number of nitrogens with zero attached hydrogens (tertiary/aromatic N) is 1. The molecule has 1 aromatic carbocycles. The lowest BCUT2D eigenvalue weighted by Crippen LogP contribution is -2.31. The Kier molecular flexibility index (Phi) is 5.18. The Morgan fingerprint density at radius 1 is 1.35 bits per heavy atom. The lowest BCUT2D eigenvalue weighted by Gasteiger charge is -2.25. The van der Waals surface area contributed by atoms with E-state index in [0.717, 1.165) is 31.4 Å². The Labute approximate surface area is 121 Å². The molecule has 0 amide bonds. The van der Waals surface area contributed by atoms with Gasteiger partial charge >= 0.3 is 0 Å². The Balaban J connectivity index is 1.98. The van der Waals surface area contributed by atoms with Gasteiger partial charge in [0.2, 0.25) is 10.0 Å². The third-order valence-electron chi connectivity index (χ3n) is 3.74. The zero-order chi connectivity index (χ0) is 14.6. The average molecular weight is 297 g/mol. The van der Waals surface area contributed by atoms with Gasteiger partial charge in [0.1, 0.15) is 0 Å². The van der Waals surface area contributed by atoms with Crippen molar-refractivity contribution in [3.05, 3.63) is 29.8 Å². The molecular formula is C15H23NO3S. The summed E-state index contributed by atoms with van der Waals surface area (Å²) in [5.41, 5.74) is 0.954. The Morgan fingerprint density at radius 2 is 2.15 bits per heavy atom. The normalized spacial score (nSPS) is 20.2. The van der Waals surface area contributed by atoms with Crippen LogP contribution in [-0.2, 0) is 14.8 Å². The summed E-state index contributed by atoms with van der Waals surface area (Å²) >= 11 is 0. The van der Waals surface area contributed by atoms with E-state index in [0.29, 0.717) is 11.4 Å². The van der Waals surface area contributed by atoms with Gasteiger partial charge in [0, 0.05) is 20.2 Å². The van der Waals surface area contributed by atoms with Crippen molar-refractivity contribution in [1.29, 1.82) is 0 Å². The Hall–Kier alpha value is -0.910. The second-order valence-corrected chi connectivity index (χ2v) is 7.47. The molecule has 0 aromatic heterocycles. The van der Waals surface area contributed by atoms with Gasteiger partial charge in [0.15, 0.2) is 0 Å². The topological polar surface area (TPSA) is 46.6 Å². The van der Waals surface area contributed by atoms with E-state index in [1.54, 1.807) is 25.2 Å². The highest BCUT2D eigenvalue weighted by molar-refractivity contribution is 7.89. The first-order valence-electron chi connectivity index (χ1n) is 7.15. The summed E-state index contributed by atoms with van der Waals surface area (Å²) in [6.45, 7) is 3.20. The van der Waals surface area contributed by atoms with Crippen LogP contribution in [0.4, 0.5) is 0 Å². The number of hydrogen-bond acceptors (Lipinski definition) is 3. The van der Waals surface area contributed by atoms with Gasteiger partial charge in [-0.05, 0) is 50.3 Å². The summed E-state index contributed by atoms with van der Waals surface area (Å²) in [6, 6.07) is 7.04. The van der Waals surface area contributed by atoms with Crippen LogP contribution in [0, 0.1) is 6.92 Å². The molecule has 1 atom stereocenters. The maximum Gasteiger partial charge on any atom is 0.242 e. The van der Waals surface area contributed by atoms with E-state index in [-0.39, 0.29) is 6.10 Å². The van der Waals surface area contributed by atoms with Crippen LogP contribution in [-0.4, -0.2) is 39.0 Å². The fourth-order valence-electron chi connectivity index (χ4n) is 2.44. The smallest absolute Gasteiger partial charge is 0.242 e.